The highest BCUT2D eigenvalue weighted by atomic mass is 16.9. The molecule has 1 aliphatic heterocycles. The van der Waals surface area contributed by atoms with Gasteiger partial charge < -0.3 is 14.2 Å². The molecule has 0 aromatic carbocycles. The molecule has 0 saturated carbocycles. The van der Waals surface area contributed by atoms with E-state index in [0.29, 0.717) is 6.61 Å². The third kappa shape index (κ3) is 4.04. The van der Waals surface area contributed by atoms with E-state index < -0.39 is 5.97 Å². The lowest BCUT2D eigenvalue weighted by Crippen LogP contribution is -2.51. The molecule has 1 rings (SSSR count). The highest BCUT2D eigenvalue weighted by Gasteiger charge is 2.42. The zero-order valence-electron chi connectivity index (χ0n) is 11.2. The molecule has 0 radical (unpaired) electrons. The Hall–Kier alpha value is -0.120. The van der Waals surface area contributed by atoms with E-state index in [4.69, 9.17) is 14.2 Å². The Kier molecular flexibility index (Phi) is 5.22. The van der Waals surface area contributed by atoms with Crippen molar-refractivity contribution >= 4 is 0 Å². The van der Waals surface area contributed by atoms with E-state index in [2.05, 4.69) is 27.7 Å². The zero-order chi connectivity index (χ0) is 12.1. The van der Waals surface area contributed by atoms with Crippen LogP contribution in [-0.4, -0.2) is 24.8 Å². The highest BCUT2D eigenvalue weighted by molar-refractivity contribution is 4.76. The quantitative estimate of drug-likeness (QED) is 0.654. The molecule has 3 nitrogen and oxygen atoms in total. The zero-order valence-corrected chi connectivity index (χ0v) is 11.2. The average molecular weight is 230 g/mol. The average Bonchev–Trinajstić information content (AvgIpc) is 2.17. The summed E-state index contributed by atoms with van der Waals surface area (Å²) in [5.74, 6) is -0.786. The minimum absolute atomic E-state index is 0.139. The summed E-state index contributed by atoms with van der Waals surface area (Å²) in [6.45, 7) is 9.92. The molecule has 0 spiro atoms. The summed E-state index contributed by atoms with van der Waals surface area (Å²) in [6.07, 6.45) is 4.92. The van der Waals surface area contributed by atoms with Gasteiger partial charge in [-0.05, 0) is 33.1 Å². The van der Waals surface area contributed by atoms with Crippen LogP contribution >= 0.6 is 0 Å². The molecule has 0 aromatic heterocycles. The summed E-state index contributed by atoms with van der Waals surface area (Å²) in [6, 6.07) is 0. The van der Waals surface area contributed by atoms with Gasteiger partial charge in [0.25, 0.3) is 5.97 Å². The number of ether oxygens (including phenoxy) is 3. The number of hydrogen-bond acceptors (Lipinski definition) is 3. The number of hydrogen-bond donors (Lipinski definition) is 0. The van der Waals surface area contributed by atoms with Crippen molar-refractivity contribution in [3.05, 3.63) is 0 Å². The predicted octanol–water partition coefficient (Wildman–Crippen LogP) is 3.47. The minimum atomic E-state index is -0.786. The molecule has 1 heterocycles. The van der Waals surface area contributed by atoms with Crippen LogP contribution in [-0.2, 0) is 14.2 Å². The van der Waals surface area contributed by atoms with Crippen molar-refractivity contribution in [2.45, 2.75) is 71.4 Å². The Morgan fingerprint density at radius 2 is 1.94 bits per heavy atom. The predicted molar refractivity (Wildman–Crippen MR) is 64.2 cm³/mol. The smallest absolute Gasteiger partial charge is 0.283 e. The van der Waals surface area contributed by atoms with Crippen molar-refractivity contribution in [2.24, 2.45) is 0 Å². The lowest BCUT2D eigenvalue weighted by atomic mass is 10.0. The SMILES string of the molecule is CCCCOC1(CCC)OCCC(C)(C)O1. The van der Waals surface area contributed by atoms with Crippen molar-refractivity contribution in [3.8, 4) is 0 Å². The Bertz CT molecular complexity index is 199. The van der Waals surface area contributed by atoms with E-state index in [1.807, 2.05) is 0 Å². The van der Waals surface area contributed by atoms with E-state index in [-0.39, 0.29) is 5.60 Å². The Morgan fingerprint density at radius 1 is 1.19 bits per heavy atom. The molecule has 1 saturated heterocycles. The lowest BCUT2D eigenvalue weighted by Gasteiger charge is -2.44. The highest BCUT2D eigenvalue weighted by Crippen LogP contribution is 2.34. The van der Waals surface area contributed by atoms with E-state index in [0.717, 1.165) is 38.7 Å². The molecule has 1 fully saturated rings. The van der Waals surface area contributed by atoms with Crippen LogP contribution in [0.1, 0.15) is 59.8 Å². The van der Waals surface area contributed by atoms with Gasteiger partial charge in [0.1, 0.15) is 0 Å². The summed E-state index contributed by atoms with van der Waals surface area (Å²) in [5.41, 5.74) is -0.139. The van der Waals surface area contributed by atoms with Gasteiger partial charge in [0.05, 0.1) is 18.8 Å². The van der Waals surface area contributed by atoms with Gasteiger partial charge >= 0.3 is 0 Å². The van der Waals surface area contributed by atoms with Crippen LogP contribution in [0.4, 0.5) is 0 Å². The van der Waals surface area contributed by atoms with E-state index in [1.54, 1.807) is 0 Å². The fourth-order valence-electron chi connectivity index (χ4n) is 1.90. The fraction of sp³-hybridized carbons (Fsp3) is 1.00. The summed E-state index contributed by atoms with van der Waals surface area (Å²) in [4.78, 5) is 0. The molecule has 16 heavy (non-hydrogen) atoms. The first kappa shape index (κ1) is 13.9. The number of rotatable bonds is 6. The van der Waals surface area contributed by atoms with Gasteiger partial charge in [-0.2, -0.15) is 0 Å². The molecule has 3 heteroatoms. The fourth-order valence-corrected chi connectivity index (χ4v) is 1.90. The van der Waals surface area contributed by atoms with Crippen molar-refractivity contribution in [3.63, 3.8) is 0 Å². The molecule has 0 amide bonds. The van der Waals surface area contributed by atoms with Crippen molar-refractivity contribution in [1.82, 2.24) is 0 Å². The second kappa shape index (κ2) is 5.99. The van der Waals surface area contributed by atoms with Crippen molar-refractivity contribution < 1.29 is 14.2 Å². The van der Waals surface area contributed by atoms with Gasteiger partial charge in [0.2, 0.25) is 0 Å². The van der Waals surface area contributed by atoms with Gasteiger partial charge in [-0.25, -0.2) is 0 Å². The maximum Gasteiger partial charge on any atom is 0.283 e. The lowest BCUT2D eigenvalue weighted by molar-refractivity contribution is -0.434. The van der Waals surface area contributed by atoms with Gasteiger partial charge in [-0.1, -0.05) is 20.3 Å². The Labute approximate surface area is 99.5 Å². The molecule has 1 unspecified atom stereocenters. The van der Waals surface area contributed by atoms with Crippen molar-refractivity contribution in [2.75, 3.05) is 13.2 Å². The third-order valence-corrected chi connectivity index (χ3v) is 2.83. The molecule has 0 aromatic rings. The molecule has 96 valence electrons. The standard InChI is InChI=1S/C13H26O3/c1-5-7-10-14-13(8-6-2)15-11-9-12(3,4)16-13/h5-11H2,1-4H3. The molecule has 0 N–H and O–H groups in total. The van der Waals surface area contributed by atoms with Gasteiger partial charge in [-0.3, -0.25) is 0 Å². The molecule has 1 atom stereocenters. The summed E-state index contributed by atoms with van der Waals surface area (Å²) in [7, 11) is 0. The second-order valence-corrected chi connectivity index (χ2v) is 5.10. The molecule has 1 aliphatic rings. The van der Waals surface area contributed by atoms with Gasteiger partial charge in [0.15, 0.2) is 0 Å². The maximum absolute atomic E-state index is 6.00. The first-order chi connectivity index (χ1) is 7.54. The van der Waals surface area contributed by atoms with Crippen LogP contribution in [0.2, 0.25) is 0 Å². The van der Waals surface area contributed by atoms with Crippen LogP contribution in [0, 0.1) is 0 Å². The van der Waals surface area contributed by atoms with E-state index in [9.17, 15) is 0 Å². The van der Waals surface area contributed by atoms with E-state index in [1.165, 1.54) is 0 Å². The molecular formula is C13H26O3. The monoisotopic (exact) mass is 230 g/mol. The largest absolute Gasteiger partial charge is 0.327 e. The second-order valence-electron chi connectivity index (χ2n) is 5.10. The molecular weight excluding hydrogens is 204 g/mol. The van der Waals surface area contributed by atoms with Gasteiger partial charge in [-0.15, -0.1) is 0 Å². The Morgan fingerprint density at radius 3 is 2.50 bits per heavy atom. The normalized spacial score (nSPS) is 29.2. The van der Waals surface area contributed by atoms with Crippen molar-refractivity contribution in [1.29, 1.82) is 0 Å². The summed E-state index contributed by atoms with van der Waals surface area (Å²) in [5, 5.41) is 0. The van der Waals surface area contributed by atoms with Crippen LogP contribution < -0.4 is 0 Å². The first-order valence-electron chi connectivity index (χ1n) is 6.52. The maximum atomic E-state index is 6.00. The van der Waals surface area contributed by atoms with Crippen LogP contribution in [0.25, 0.3) is 0 Å². The van der Waals surface area contributed by atoms with Gasteiger partial charge in [0, 0.05) is 6.42 Å². The Balaban J connectivity index is 2.56. The molecule has 0 bridgehead atoms. The molecule has 0 aliphatic carbocycles. The van der Waals surface area contributed by atoms with Crippen LogP contribution in [0.3, 0.4) is 0 Å². The third-order valence-electron chi connectivity index (χ3n) is 2.83. The first-order valence-corrected chi connectivity index (χ1v) is 6.52. The van der Waals surface area contributed by atoms with Crippen LogP contribution in [0.5, 0.6) is 0 Å². The van der Waals surface area contributed by atoms with E-state index >= 15 is 0 Å². The number of unbranched alkanes of at least 4 members (excludes halogenated alkanes) is 1. The summed E-state index contributed by atoms with van der Waals surface area (Å²) < 4.78 is 17.6. The topological polar surface area (TPSA) is 27.7 Å². The summed E-state index contributed by atoms with van der Waals surface area (Å²) >= 11 is 0. The van der Waals surface area contributed by atoms with Crippen LogP contribution in [0.15, 0.2) is 0 Å². The minimum Gasteiger partial charge on any atom is -0.327 e.